The largest absolute Gasteiger partial charge is 0.383 e. The van der Waals surface area contributed by atoms with Gasteiger partial charge in [-0.1, -0.05) is 46.9 Å². The highest BCUT2D eigenvalue weighted by Crippen LogP contribution is 2.28. The van der Waals surface area contributed by atoms with Gasteiger partial charge in [0.15, 0.2) is 0 Å². The Morgan fingerprint density at radius 1 is 1.24 bits per heavy atom. The van der Waals surface area contributed by atoms with Gasteiger partial charge in [-0.3, -0.25) is 0 Å². The number of anilines is 1. The van der Waals surface area contributed by atoms with E-state index in [4.69, 9.17) is 40.5 Å². The molecule has 1 heterocycles. The number of nitrogens with zero attached hydrogens (tertiary/aromatic N) is 2. The van der Waals surface area contributed by atoms with Crippen molar-refractivity contribution >= 4 is 40.6 Å². The highest BCUT2D eigenvalue weighted by molar-refractivity contribution is 6.42. The molecule has 0 spiro atoms. The van der Waals surface area contributed by atoms with Crippen molar-refractivity contribution < 1.29 is 0 Å². The summed E-state index contributed by atoms with van der Waals surface area (Å²) in [7, 11) is 0. The van der Waals surface area contributed by atoms with Crippen molar-refractivity contribution in [2.24, 2.45) is 0 Å². The Bertz CT molecular complexity index is 563. The fourth-order valence-electron chi connectivity index (χ4n) is 1.53. The van der Waals surface area contributed by atoms with Crippen molar-refractivity contribution in [1.82, 2.24) is 9.78 Å². The normalized spacial score (nSPS) is 10.8. The predicted molar refractivity (Wildman–Crippen MR) is 72.0 cm³/mol. The highest BCUT2D eigenvalue weighted by Gasteiger charge is 2.12. The molecule has 1 aromatic heterocycles. The molecule has 1 aromatic carbocycles. The van der Waals surface area contributed by atoms with Gasteiger partial charge in [0.25, 0.3) is 0 Å². The third-order valence-electron chi connectivity index (χ3n) is 2.44. The summed E-state index contributed by atoms with van der Waals surface area (Å²) in [5.74, 6) is 0.431. The summed E-state index contributed by atoms with van der Waals surface area (Å²) in [6, 6.07) is 5.44. The van der Waals surface area contributed by atoms with Gasteiger partial charge >= 0.3 is 0 Å². The van der Waals surface area contributed by atoms with Crippen molar-refractivity contribution in [2.45, 2.75) is 13.5 Å². The maximum atomic E-state index is 6.10. The van der Waals surface area contributed by atoms with Crippen LogP contribution < -0.4 is 5.73 Å². The van der Waals surface area contributed by atoms with Crippen LogP contribution in [0.15, 0.2) is 18.2 Å². The lowest BCUT2D eigenvalue weighted by Gasteiger charge is -2.07. The zero-order chi connectivity index (χ0) is 12.6. The fourth-order valence-corrected chi connectivity index (χ4v) is 2.05. The van der Waals surface area contributed by atoms with Crippen LogP contribution in [0.25, 0.3) is 0 Å². The van der Waals surface area contributed by atoms with Crippen molar-refractivity contribution in [3.63, 3.8) is 0 Å². The highest BCUT2D eigenvalue weighted by atomic mass is 35.5. The number of rotatable bonds is 2. The minimum atomic E-state index is 0.431. The summed E-state index contributed by atoms with van der Waals surface area (Å²) in [6.45, 7) is 2.24. The fraction of sp³-hybridized carbons (Fsp3) is 0.182. The molecule has 0 unspecified atom stereocenters. The summed E-state index contributed by atoms with van der Waals surface area (Å²) in [5, 5.41) is 5.73. The summed E-state index contributed by atoms with van der Waals surface area (Å²) in [6.07, 6.45) is 0. The van der Waals surface area contributed by atoms with Crippen molar-refractivity contribution in [2.75, 3.05) is 5.73 Å². The van der Waals surface area contributed by atoms with Crippen LogP contribution in [0.5, 0.6) is 0 Å². The first kappa shape index (κ1) is 12.6. The van der Waals surface area contributed by atoms with Gasteiger partial charge in [-0.05, 0) is 18.6 Å². The minimum Gasteiger partial charge on any atom is -0.383 e. The zero-order valence-corrected chi connectivity index (χ0v) is 11.3. The molecule has 6 heteroatoms. The number of aromatic nitrogens is 2. The molecule has 0 bridgehead atoms. The van der Waals surface area contributed by atoms with E-state index in [1.807, 2.05) is 12.1 Å². The van der Waals surface area contributed by atoms with Gasteiger partial charge in [-0.2, -0.15) is 5.10 Å². The van der Waals surface area contributed by atoms with Gasteiger partial charge in [-0.15, -0.1) is 0 Å². The summed E-state index contributed by atoms with van der Waals surface area (Å²) >= 11 is 18.0. The molecule has 0 radical (unpaired) electrons. The molecule has 0 saturated heterocycles. The van der Waals surface area contributed by atoms with Gasteiger partial charge in [0, 0.05) is 0 Å². The first-order chi connectivity index (χ1) is 8.00. The van der Waals surface area contributed by atoms with Crippen LogP contribution in [0, 0.1) is 6.92 Å². The van der Waals surface area contributed by atoms with Gasteiger partial charge in [-0.25, -0.2) is 4.68 Å². The average molecular weight is 291 g/mol. The lowest BCUT2D eigenvalue weighted by Crippen LogP contribution is -2.06. The van der Waals surface area contributed by atoms with Crippen LogP contribution in [0.4, 0.5) is 5.82 Å². The van der Waals surface area contributed by atoms with E-state index in [0.29, 0.717) is 33.1 Å². The minimum absolute atomic E-state index is 0.431. The van der Waals surface area contributed by atoms with Gasteiger partial charge in [0.2, 0.25) is 0 Å². The zero-order valence-electron chi connectivity index (χ0n) is 9.04. The molecule has 0 saturated carbocycles. The predicted octanol–water partition coefficient (Wildman–Crippen LogP) is 3.78. The molecule has 0 fully saturated rings. The van der Waals surface area contributed by atoms with Crippen molar-refractivity contribution in [3.8, 4) is 0 Å². The Morgan fingerprint density at radius 3 is 2.53 bits per heavy atom. The van der Waals surface area contributed by atoms with Gasteiger partial charge < -0.3 is 5.73 Å². The van der Waals surface area contributed by atoms with E-state index in [0.717, 1.165) is 5.56 Å². The van der Waals surface area contributed by atoms with Gasteiger partial charge in [0.1, 0.15) is 10.8 Å². The van der Waals surface area contributed by atoms with E-state index < -0.39 is 0 Å². The molecule has 90 valence electrons. The molecule has 2 rings (SSSR count). The second-order valence-electron chi connectivity index (χ2n) is 3.66. The lowest BCUT2D eigenvalue weighted by atomic mass is 10.2. The molecule has 0 aliphatic carbocycles. The Hall–Kier alpha value is -0.900. The number of hydrogen-bond donors (Lipinski definition) is 1. The van der Waals surface area contributed by atoms with E-state index in [2.05, 4.69) is 5.10 Å². The maximum absolute atomic E-state index is 6.10. The number of nitrogens with two attached hydrogens (primary N) is 1. The Kier molecular flexibility index (Phi) is 3.52. The summed E-state index contributed by atoms with van der Waals surface area (Å²) in [4.78, 5) is 0. The number of hydrogen-bond acceptors (Lipinski definition) is 2. The van der Waals surface area contributed by atoms with E-state index in [-0.39, 0.29) is 0 Å². The standard InChI is InChI=1S/C11H10Cl3N3/c1-6-9(13)11(15)17(16-6)5-7-3-2-4-8(12)10(7)14/h2-4H,5,15H2,1H3. The van der Waals surface area contributed by atoms with Crippen LogP contribution in [-0.2, 0) is 6.54 Å². The van der Waals surface area contributed by atoms with Crippen LogP contribution in [0.1, 0.15) is 11.3 Å². The average Bonchev–Trinajstić information content (AvgIpc) is 2.53. The van der Waals surface area contributed by atoms with Crippen molar-refractivity contribution in [3.05, 3.63) is 44.5 Å². The summed E-state index contributed by atoms with van der Waals surface area (Å²) < 4.78 is 1.61. The van der Waals surface area contributed by atoms with Crippen LogP contribution >= 0.6 is 34.8 Å². The van der Waals surface area contributed by atoms with E-state index in [9.17, 15) is 0 Å². The Balaban J connectivity index is 2.38. The first-order valence-electron chi connectivity index (χ1n) is 4.92. The first-order valence-corrected chi connectivity index (χ1v) is 6.05. The molecule has 0 amide bonds. The monoisotopic (exact) mass is 289 g/mol. The third-order valence-corrected chi connectivity index (χ3v) is 3.77. The van der Waals surface area contributed by atoms with E-state index in [1.165, 1.54) is 0 Å². The van der Waals surface area contributed by atoms with E-state index in [1.54, 1.807) is 17.7 Å². The number of halogens is 3. The van der Waals surface area contributed by atoms with Crippen LogP contribution in [-0.4, -0.2) is 9.78 Å². The SMILES string of the molecule is Cc1nn(Cc2cccc(Cl)c2Cl)c(N)c1Cl. The molecule has 3 nitrogen and oxygen atoms in total. The van der Waals surface area contributed by atoms with Crippen LogP contribution in [0.2, 0.25) is 15.1 Å². The van der Waals surface area contributed by atoms with Gasteiger partial charge in [0.05, 0.1) is 22.3 Å². The Morgan fingerprint density at radius 2 is 1.94 bits per heavy atom. The molecule has 0 atom stereocenters. The second-order valence-corrected chi connectivity index (χ2v) is 4.82. The molecule has 0 aliphatic rings. The maximum Gasteiger partial charge on any atom is 0.141 e. The molecule has 2 aromatic rings. The topological polar surface area (TPSA) is 43.8 Å². The lowest BCUT2D eigenvalue weighted by molar-refractivity contribution is 0.689. The molecule has 0 aliphatic heterocycles. The van der Waals surface area contributed by atoms with Crippen molar-refractivity contribution in [1.29, 1.82) is 0 Å². The third kappa shape index (κ3) is 2.37. The molecular weight excluding hydrogens is 281 g/mol. The molecule has 17 heavy (non-hydrogen) atoms. The smallest absolute Gasteiger partial charge is 0.141 e. The van der Waals surface area contributed by atoms with Crippen LogP contribution in [0.3, 0.4) is 0 Å². The number of benzene rings is 1. The Labute approximate surface area is 114 Å². The second kappa shape index (κ2) is 4.77. The summed E-state index contributed by atoms with van der Waals surface area (Å²) in [5.41, 5.74) is 7.38. The molecule has 2 N–H and O–H groups in total. The van der Waals surface area contributed by atoms with E-state index >= 15 is 0 Å². The quantitative estimate of drug-likeness (QED) is 0.914. The molecular formula is C11H10Cl3N3. The number of nitrogen functional groups attached to an aromatic ring is 1. The number of aryl methyl sites for hydroxylation is 1.